The third kappa shape index (κ3) is 3.64. The van der Waals surface area contributed by atoms with Gasteiger partial charge in [0, 0.05) is 18.6 Å². The number of hydrogen-bond acceptors (Lipinski definition) is 2. The van der Waals surface area contributed by atoms with Gasteiger partial charge in [0.15, 0.2) is 0 Å². The Morgan fingerprint density at radius 3 is 2.43 bits per heavy atom. The van der Waals surface area contributed by atoms with Gasteiger partial charge in [-0.1, -0.05) is 28.1 Å². The van der Waals surface area contributed by atoms with Crippen LogP contribution in [0.25, 0.3) is 0 Å². The van der Waals surface area contributed by atoms with E-state index in [1.165, 1.54) is 0 Å². The van der Waals surface area contributed by atoms with Gasteiger partial charge in [0.1, 0.15) is 17.3 Å². The van der Waals surface area contributed by atoms with Gasteiger partial charge < -0.3 is 9.64 Å². The van der Waals surface area contributed by atoms with Crippen LogP contribution in [0.5, 0.6) is 5.75 Å². The molecule has 0 N–H and O–H groups in total. The first-order chi connectivity index (χ1) is 6.59. The summed E-state index contributed by atoms with van der Waals surface area (Å²) in [6.07, 6.45) is 0. The van der Waals surface area contributed by atoms with Crippen molar-refractivity contribution in [2.45, 2.75) is 0 Å². The van der Waals surface area contributed by atoms with Crippen molar-refractivity contribution >= 4 is 33.1 Å². The van der Waals surface area contributed by atoms with Crippen molar-refractivity contribution in [2.24, 2.45) is 0 Å². The van der Waals surface area contributed by atoms with Crippen molar-refractivity contribution in [1.82, 2.24) is 4.90 Å². The van der Waals surface area contributed by atoms with Crippen LogP contribution in [-0.2, 0) is 0 Å². The molecule has 14 heavy (non-hydrogen) atoms. The molecule has 0 heterocycles. The Bertz CT molecular complexity index is 310. The molecule has 0 bridgehead atoms. The van der Waals surface area contributed by atoms with Crippen molar-refractivity contribution in [3.05, 3.63) is 28.7 Å². The first-order valence-electron chi connectivity index (χ1n) is 4.18. The molecule has 1 rings (SSSR count). The first-order valence-corrected chi connectivity index (χ1v) is 5.38. The summed E-state index contributed by atoms with van der Waals surface area (Å²) in [6.45, 7) is 0.448. The maximum atomic E-state index is 5.48. The van der Waals surface area contributed by atoms with E-state index in [1.807, 2.05) is 43.3 Å². The summed E-state index contributed by atoms with van der Waals surface area (Å²) in [6, 6.07) is 7.69. The van der Waals surface area contributed by atoms with E-state index in [1.54, 1.807) is 0 Å². The minimum absolute atomic E-state index is 0.448. The zero-order valence-corrected chi connectivity index (χ0v) is 10.6. The van der Waals surface area contributed by atoms with Crippen LogP contribution in [0.2, 0.25) is 0 Å². The molecule has 0 spiro atoms. The fraction of sp³-hybridized carbons (Fsp3) is 0.300. The van der Waals surface area contributed by atoms with Crippen LogP contribution in [0.3, 0.4) is 0 Å². The Labute approximate surface area is 98.0 Å². The van der Waals surface area contributed by atoms with E-state index in [0.717, 1.165) is 15.2 Å². The Morgan fingerprint density at radius 2 is 1.93 bits per heavy atom. The number of halogens is 1. The number of hydrogen-bond donors (Lipinski definition) is 0. The lowest BCUT2D eigenvalue weighted by molar-refractivity contribution is 0.363. The molecular formula is C10H12BrNOS. The Balaban J connectivity index is 2.46. The van der Waals surface area contributed by atoms with E-state index in [4.69, 9.17) is 17.0 Å². The molecule has 0 amide bonds. The number of likely N-dealkylation sites (N-methyl/N-ethyl adjacent to an activating group) is 1. The average molecular weight is 274 g/mol. The van der Waals surface area contributed by atoms with E-state index >= 15 is 0 Å². The average Bonchev–Trinajstić information content (AvgIpc) is 2.16. The predicted octanol–water partition coefficient (Wildman–Crippen LogP) is 2.72. The quantitative estimate of drug-likeness (QED) is 0.786. The maximum Gasteiger partial charge on any atom is 0.138 e. The van der Waals surface area contributed by atoms with Gasteiger partial charge in [0.05, 0.1) is 0 Å². The normalized spacial score (nSPS) is 9.64. The zero-order chi connectivity index (χ0) is 10.6. The predicted molar refractivity (Wildman–Crippen MR) is 65.9 cm³/mol. The van der Waals surface area contributed by atoms with Crippen LogP contribution in [0.15, 0.2) is 28.7 Å². The molecule has 4 heteroatoms. The molecule has 0 fully saturated rings. The number of thiocarbonyl (C=S) groups is 1. The number of ether oxygens (including phenoxy) is 1. The minimum atomic E-state index is 0.448. The van der Waals surface area contributed by atoms with E-state index < -0.39 is 0 Å². The van der Waals surface area contributed by atoms with E-state index in [-0.39, 0.29) is 0 Å². The number of rotatable bonds is 3. The zero-order valence-electron chi connectivity index (χ0n) is 8.16. The maximum absolute atomic E-state index is 5.48. The molecule has 2 nitrogen and oxygen atoms in total. The van der Waals surface area contributed by atoms with Crippen LogP contribution >= 0.6 is 28.1 Å². The summed E-state index contributed by atoms with van der Waals surface area (Å²) >= 11 is 8.45. The van der Waals surface area contributed by atoms with Gasteiger partial charge >= 0.3 is 0 Å². The van der Waals surface area contributed by atoms with Crippen LogP contribution in [0.1, 0.15) is 0 Å². The highest BCUT2D eigenvalue weighted by atomic mass is 79.9. The molecule has 0 saturated heterocycles. The van der Waals surface area contributed by atoms with Crippen LogP contribution < -0.4 is 4.74 Å². The second-order valence-electron chi connectivity index (χ2n) is 3.03. The third-order valence-electron chi connectivity index (χ3n) is 1.67. The van der Waals surface area contributed by atoms with Crippen molar-refractivity contribution in [2.75, 3.05) is 20.7 Å². The number of nitrogens with zero attached hydrogens (tertiary/aromatic N) is 1. The summed E-state index contributed by atoms with van der Waals surface area (Å²) in [7, 11) is 3.82. The van der Waals surface area contributed by atoms with Gasteiger partial charge in [-0.25, -0.2) is 0 Å². The highest BCUT2D eigenvalue weighted by Crippen LogP contribution is 2.15. The third-order valence-corrected chi connectivity index (χ3v) is 2.69. The van der Waals surface area contributed by atoms with Crippen molar-refractivity contribution in [3.63, 3.8) is 0 Å². The molecule has 0 saturated carbocycles. The summed E-state index contributed by atoms with van der Waals surface area (Å²) in [4.78, 5) is 2.65. The highest BCUT2D eigenvalue weighted by Gasteiger charge is 2.00. The van der Waals surface area contributed by atoms with Gasteiger partial charge in [-0.05, 0) is 24.3 Å². The van der Waals surface area contributed by atoms with Crippen molar-refractivity contribution < 1.29 is 4.74 Å². The van der Waals surface area contributed by atoms with Gasteiger partial charge in [0.25, 0.3) is 0 Å². The fourth-order valence-corrected chi connectivity index (χ4v) is 1.13. The largest absolute Gasteiger partial charge is 0.486 e. The Morgan fingerprint density at radius 1 is 1.36 bits per heavy atom. The summed E-state index contributed by atoms with van der Waals surface area (Å²) in [5, 5.41) is 0. The molecule has 0 aliphatic rings. The van der Waals surface area contributed by atoms with E-state index in [9.17, 15) is 0 Å². The lowest BCUT2D eigenvalue weighted by atomic mass is 10.3. The SMILES string of the molecule is CN(C)C(=S)COc1ccc(Br)cc1. The standard InChI is InChI=1S/C10H12BrNOS/c1-12(2)10(14)7-13-9-5-3-8(11)4-6-9/h3-6H,7H2,1-2H3. The van der Waals surface area contributed by atoms with Crippen LogP contribution in [-0.4, -0.2) is 30.6 Å². The number of benzene rings is 1. The minimum Gasteiger partial charge on any atom is -0.486 e. The molecule has 0 aliphatic heterocycles. The molecule has 0 radical (unpaired) electrons. The molecule has 0 atom stereocenters. The Hall–Kier alpha value is -0.610. The van der Waals surface area contributed by atoms with E-state index in [0.29, 0.717) is 6.61 Å². The molecule has 1 aromatic carbocycles. The summed E-state index contributed by atoms with van der Waals surface area (Å²) in [5.74, 6) is 0.831. The lowest BCUT2D eigenvalue weighted by Crippen LogP contribution is -2.25. The fourth-order valence-electron chi connectivity index (χ4n) is 0.805. The molecule has 76 valence electrons. The summed E-state index contributed by atoms with van der Waals surface area (Å²) < 4.78 is 6.52. The monoisotopic (exact) mass is 273 g/mol. The first kappa shape index (κ1) is 11.5. The van der Waals surface area contributed by atoms with E-state index in [2.05, 4.69) is 15.9 Å². The smallest absolute Gasteiger partial charge is 0.138 e. The Kier molecular flexibility index (Phi) is 4.35. The molecule has 0 unspecified atom stereocenters. The van der Waals surface area contributed by atoms with Crippen molar-refractivity contribution in [3.8, 4) is 5.75 Å². The van der Waals surface area contributed by atoms with Gasteiger partial charge in [0.2, 0.25) is 0 Å². The topological polar surface area (TPSA) is 12.5 Å². The van der Waals surface area contributed by atoms with Gasteiger partial charge in [-0.3, -0.25) is 0 Å². The molecular weight excluding hydrogens is 262 g/mol. The van der Waals surface area contributed by atoms with Crippen LogP contribution in [0.4, 0.5) is 0 Å². The summed E-state index contributed by atoms with van der Waals surface area (Å²) in [5.41, 5.74) is 0. The molecule has 1 aromatic rings. The highest BCUT2D eigenvalue weighted by molar-refractivity contribution is 9.10. The van der Waals surface area contributed by atoms with Gasteiger partial charge in [-0.2, -0.15) is 0 Å². The second-order valence-corrected chi connectivity index (χ2v) is 4.42. The second kappa shape index (κ2) is 5.32. The molecule has 0 aromatic heterocycles. The van der Waals surface area contributed by atoms with Crippen molar-refractivity contribution in [1.29, 1.82) is 0 Å². The lowest BCUT2D eigenvalue weighted by Gasteiger charge is -2.14. The molecule has 0 aliphatic carbocycles. The van der Waals surface area contributed by atoms with Gasteiger partial charge in [-0.15, -0.1) is 0 Å². The van der Waals surface area contributed by atoms with Crippen LogP contribution in [0, 0.1) is 0 Å².